The van der Waals surface area contributed by atoms with Crippen LogP contribution >= 0.6 is 0 Å². The molecule has 0 radical (unpaired) electrons. The van der Waals surface area contributed by atoms with Gasteiger partial charge in [0.2, 0.25) is 0 Å². The highest BCUT2D eigenvalue weighted by molar-refractivity contribution is 6.22. The van der Waals surface area contributed by atoms with E-state index in [4.69, 9.17) is 9.97 Å². The maximum atomic E-state index is 5.44. The Morgan fingerprint density at radius 1 is 0.306 bits per heavy atom. The quantitative estimate of drug-likeness (QED) is 0.166. The van der Waals surface area contributed by atoms with Gasteiger partial charge in [-0.1, -0.05) is 133 Å². The molecular weight excluding hydrogens is 753 g/mol. The molecule has 62 heavy (non-hydrogen) atoms. The minimum absolute atomic E-state index is 0.902. The van der Waals surface area contributed by atoms with Gasteiger partial charge in [-0.15, -0.1) is 0 Å². The fourth-order valence-electron chi connectivity index (χ4n) is 10.2. The molecule has 13 rings (SSSR count). The van der Waals surface area contributed by atoms with E-state index < -0.39 is 0 Å². The maximum absolute atomic E-state index is 5.44. The van der Waals surface area contributed by atoms with Gasteiger partial charge in [0.05, 0.1) is 22.4 Å². The van der Waals surface area contributed by atoms with Crippen LogP contribution in [0.1, 0.15) is 22.3 Å². The Hall–Kier alpha value is -8.08. The predicted octanol–water partition coefficient (Wildman–Crippen LogP) is 15.2. The number of para-hydroxylation sites is 6. The van der Waals surface area contributed by atoms with Crippen molar-refractivity contribution in [3.63, 3.8) is 0 Å². The second kappa shape index (κ2) is 13.7. The molecule has 0 saturated carbocycles. The van der Waals surface area contributed by atoms with E-state index in [9.17, 15) is 0 Å². The molecule has 0 aliphatic carbocycles. The van der Waals surface area contributed by atoms with Crippen LogP contribution in [0.15, 0.2) is 206 Å². The molecule has 2 aliphatic heterocycles. The molecule has 0 amide bonds. The summed E-state index contributed by atoms with van der Waals surface area (Å²) in [6.45, 7) is 0. The monoisotopic (exact) mass is 790 g/mol. The number of rotatable bonds is 4. The number of anilines is 6. The number of hydrogen-bond acceptors (Lipinski definition) is 4. The van der Waals surface area contributed by atoms with Gasteiger partial charge in [-0.2, -0.15) is 0 Å². The topological polar surface area (TPSA) is 32.3 Å². The second-order valence-electron chi connectivity index (χ2n) is 16.5. The van der Waals surface area contributed by atoms with Gasteiger partial charge in [0.25, 0.3) is 0 Å². The van der Waals surface area contributed by atoms with Crippen LogP contribution in [0.25, 0.3) is 65.9 Å². The van der Waals surface area contributed by atoms with Crippen LogP contribution in [0.5, 0.6) is 0 Å². The smallest absolute Gasteiger partial charge is 0.0722 e. The van der Waals surface area contributed by atoms with Crippen LogP contribution in [0.4, 0.5) is 34.1 Å². The standard InChI is InChI=1S/C58H38N4/c1-7-19-49-37(13-1)25-31-51(59-49)57-45-29-27-44(62-55-23-11-5-17-41(55)34-42-18-6-12-24-56(42)62)36-48(45)58(52-32-26-38-14-2-8-20-50(38)60-52)46-30-28-43(35-47(46)57)61-53-21-9-3-15-39(53)33-40-16-4-10-22-54(40)61/h1-32,35-36H,33-34H2. The molecule has 11 aromatic rings. The Labute approximate surface area is 359 Å². The maximum Gasteiger partial charge on any atom is 0.0722 e. The van der Waals surface area contributed by atoms with Crippen LogP contribution in [0, 0.1) is 0 Å². The average Bonchev–Trinajstić information content (AvgIpc) is 3.33. The fraction of sp³-hybridized carbons (Fsp3) is 0.0345. The molecule has 4 heteroatoms. The number of fused-ring (bicyclic) bond motifs is 8. The number of hydrogen-bond donors (Lipinski definition) is 0. The zero-order chi connectivity index (χ0) is 40.7. The van der Waals surface area contributed by atoms with E-state index in [-0.39, 0.29) is 0 Å². The predicted molar refractivity (Wildman–Crippen MR) is 258 cm³/mol. The van der Waals surface area contributed by atoms with Crippen molar-refractivity contribution in [1.82, 2.24) is 9.97 Å². The SMILES string of the molecule is c1ccc2c(c1)Cc1ccccc1N2c1ccc2c(-c3ccc4ccccc4n3)c3cc(N4c5ccccc5Cc5ccccc54)ccc3c(-c3ccc4ccccc4n3)c2c1. The van der Waals surface area contributed by atoms with E-state index in [1.54, 1.807) is 0 Å². The first-order valence-corrected chi connectivity index (χ1v) is 21.4. The van der Waals surface area contributed by atoms with Crippen LogP contribution < -0.4 is 9.80 Å². The van der Waals surface area contributed by atoms with Gasteiger partial charge >= 0.3 is 0 Å². The van der Waals surface area contributed by atoms with E-state index in [0.717, 1.165) is 90.1 Å². The normalized spacial score (nSPS) is 13.0. The van der Waals surface area contributed by atoms with Gasteiger partial charge in [0.1, 0.15) is 0 Å². The van der Waals surface area contributed by atoms with Gasteiger partial charge in [-0.3, -0.25) is 0 Å². The van der Waals surface area contributed by atoms with Crippen molar-refractivity contribution in [3.05, 3.63) is 229 Å². The molecule has 0 fully saturated rings. The van der Waals surface area contributed by atoms with Crippen LogP contribution in [-0.4, -0.2) is 9.97 Å². The van der Waals surface area contributed by atoms with Gasteiger partial charge in [-0.05, 0) is 117 Å². The van der Waals surface area contributed by atoms with E-state index >= 15 is 0 Å². The summed E-state index contributed by atoms with van der Waals surface area (Å²) in [5.41, 5.74) is 18.3. The summed E-state index contributed by atoms with van der Waals surface area (Å²) < 4.78 is 0. The minimum Gasteiger partial charge on any atom is -0.310 e. The van der Waals surface area contributed by atoms with Gasteiger partial charge < -0.3 is 9.80 Å². The lowest BCUT2D eigenvalue weighted by atomic mass is 9.87. The molecule has 0 unspecified atom stereocenters. The molecule has 9 aromatic carbocycles. The summed E-state index contributed by atoms with van der Waals surface area (Å²) in [5, 5.41) is 6.75. The van der Waals surface area contributed by atoms with Gasteiger partial charge in [0, 0.05) is 68.9 Å². The van der Waals surface area contributed by atoms with Crippen molar-refractivity contribution in [2.75, 3.05) is 9.80 Å². The summed E-state index contributed by atoms with van der Waals surface area (Å²) in [7, 11) is 0. The van der Waals surface area contributed by atoms with Crippen molar-refractivity contribution in [2.45, 2.75) is 12.8 Å². The zero-order valence-electron chi connectivity index (χ0n) is 33.8. The van der Waals surface area contributed by atoms with Crippen molar-refractivity contribution < 1.29 is 0 Å². The van der Waals surface area contributed by atoms with E-state index in [1.807, 2.05) is 0 Å². The van der Waals surface area contributed by atoms with Gasteiger partial charge in [0.15, 0.2) is 0 Å². The van der Waals surface area contributed by atoms with Crippen molar-refractivity contribution in [2.24, 2.45) is 0 Å². The van der Waals surface area contributed by atoms with E-state index in [1.165, 1.54) is 45.0 Å². The molecular formula is C58H38N4. The van der Waals surface area contributed by atoms with Crippen molar-refractivity contribution in [1.29, 1.82) is 0 Å². The summed E-state index contributed by atoms with van der Waals surface area (Å²) >= 11 is 0. The molecule has 0 spiro atoms. The highest BCUT2D eigenvalue weighted by atomic mass is 15.2. The Balaban J connectivity index is 1.15. The number of benzene rings is 9. The van der Waals surface area contributed by atoms with Crippen LogP contribution in [-0.2, 0) is 12.8 Å². The van der Waals surface area contributed by atoms with Crippen molar-refractivity contribution >= 4 is 77.5 Å². The third kappa shape index (κ3) is 5.40. The Kier molecular flexibility index (Phi) is 7.70. The summed E-state index contributed by atoms with van der Waals surface area (Å²) in [4.78, 5) is 15.8. The molecule has 2 aliphatic rings. The summed E-state index contributed by atoms with van der Waals surface area (Å²) in [6, 6.07) is 75.0. The Bertz CT molecular complexity index is 3290. The van der Waals surface area contributed by atoms with Crippen molar-refractivity contribution in [3.8, 4) is 22.5 Å². The summed E-state index contributed by atoms with van der Waals surface area (Å²) in [6.07, 6.45) is 1.80. The molecule has 4 nitrogen and oxygen atoms in total. The van der Waals surface area contributed by atoms with Gasteiger partial charge in [-0.25, -0.2) is 9.97 Å². The number of pyridine rings is 2. The highest BCUT2D eigenvalue weighted by Gasteiger charge is 2.28. The number of aromatic nitrogens is 2. The molecule has 0 bridgehead atoms. The zero-order valence-corrected chi connectivity index (χ0v) is 33.8. The minimum atomic E-state index is 0.902. The molecule has 0 N–H and O–H groups in total. The first-order valence-electron chi connectivity index (χ1n) is 21.4. The third-order valence-corrected chi connectivity index (χ3v) is 13.0. The van der Waals surface area contributed by atoms with E-state index in [0.29, 0.717) is 0 Å². The molecule has 0 atom stereocenters. The van der Waals surface area contributed by atoms with Crippen LogP contribution in [0.2, 0.25) is 0 Å². The Morgan fingerprint density at radius 2 is 0.661 bits per heavy atom. The molecule has 0 saturated heterocycles. The third-order valence-electron chi connectivity index (χ3n) is 13.0. The Morgan fingerprint density at radius 3 is 1.06 bits per heavy atom. The first kappa shape index (κ1) is 34.8. The van der Waals surface area contributed by atoms with E-state index in [2.05, 4.69) is 216 Å². The molecule has 4 heterocycles. The lowest BCUT2D eigenvalue weighted by molar-refractivity contribution is 1.09. The molecule has 290 valence electrons. The summed E-state index contributed by atoms with van der Waals surface area (Å²) in [5.74, 6) is 0. The fourth-order valence-corrected chi connectivity index (χ4v) is 10.2. The highest BCUT2D eigenvalue weighted by Crippen LogP contribution is 2.51. The second-order valence-corrected chi connectivity index (χ2v) is 16.5. The number of nitrogens with zero attached hydrogens (tertiary/aromatic N) is 4. The lowest BCUT2D eigenvalue weighted by Crippen LogP contribution is -2.18. The van der Waals surface area contributed by atoms with Crippen LogP contribution in [0.3, 0.4) is 0 Å². The largest absolute Gasteiger partial charge is 0.310 e. The lowest BCUT2D eigenvalue weighted by Gasteiger charge is -2.34. The molecule has 2 aromatic heterocycles. The average molecular weight is 791 g/mol. The first-order chi connectivity index (χ1) is 30.7.